The number of rotatable bonds is 3. The highest BCUT2D eigenvalue weighted by molar-refractivity contribution is 6.34. The molecule has 0 unspecified atom stereocenters. The molecule has 0 N–H and O–H groups in total. The molecule has 0 bridgehead atoms. The van der Waals surface area contributed by atoms with Gasteiger partial charge in [0.15, 0.2) is 5.82 Å². The first-order chi connectivity index (χ1) is 12.2. The molecule has 0 atom stereocenters. The van der Waals surface area contributed by atoms with Crippen LogP contribution in [0.25, 0.3) is 11.0 Å². The average molecular weight is 360 g/mol. The van der Waals surface area contributed by atoms with Crippen LogP contribution >= 0.6 is 11.6 Å². The number of fused-ring (bicyclic) bond motifs is 1. The quantitative estimate of drug-likeness (QED) is 0.662. The van der Waals surface area contributed by atoms with E-state index in [1.54, 1.807) is 0 Å². The minimum atomic E-state index is -0.361. The highest BCUT2D eigenvalue weighted by Crippen LogP contribution is 2.32. The number of piperidine rings is 1. The van der Waals surface area contributed by atoms with Crippen LogP contribution in [-0.4, -0.2) is 32.6 Å². The molecule has 1 aliphatic heterocycles. The van der Waals surface area contributed by atoms with Gasteiger partial charge < -0.3 is 9.47 Å². The van der Waals surface area contributed by atoms with Crippen LogP contribution in [0, 0.1) is 5.82 Å². The lowest BCUT2D eigenvalue weighted by Crippen LogP contribution is -2.35. The van der Waals surface area contributed by atoms with Gasteiger partial charge in [0.2, 0.25) is 0 Å². The highest BCUT2D eigenvalue weighted by atomic mass is 35.5. The fraction of sp³-hybridized carbons (Fsp3) is 0.389. The Morgan fingerprint density at radius 3 is 2.68 bits per heavy atom. The maximum absolute atomic E-state index is 14.2. The number of anilines is 1. The minimum Gasteiger partial charge on any atom is -0.356 e. The number of aryl methyl sites for hydroxylation is 1. The van der Waals surface area contributed by atoms with Gasteiger partial charge in [-0.2, -0.15) is 0 Å². The fourth-order valence-electron chi connectivity index (χ4n) is 3.47. The van der Waals surface area contributed by atoms with Crippen LogP contribution in [0.2, 0.25) is 5.15 Å². The Morgan fingerprint density at radius 1 is 1.20 bits per heavy atom. The van der Waals surface area contributed by atoms with Crippen LogP contribution in [0.15, 0.2) is 30.9 Å². The standard InChI is InChI=1S/C18H19ClFN5/c1-2-12-3-4-15(21-9-12)24-7-5-13(6-8-24)25-10-14(20)16-17(19)22-11-23-18(16)25/h3-4,9-11,13H,2,5-8H2,1H3. The summed E-state index contributed by atoms with van der Waals surface area (Å²) < 4.78 is 16.1. The molecule has 0 spiro atoms. The summed E-state index contributed by atoms with van der Waals surface area (Å²) in [6.45, 7) is 3.88. The molecule has 5 nitrogen and oxygen atoms in total. The Balaban J connectivity index is 1.53. The normalized spacial score (nSPS) is 15.9. The van der Waals surface area contributed by atoms with Gasteiger partial charge in [0.25, 0.3) is 0 Å². The van der Waals surface area contributed by atoms with Gasteiger partial charge in [-0.1, -0.05) is 24.6 Å². The van der Waals surface area contributed by atoms with Crippen molar-refractivity contribution in [3.8, 4) is 0 Å². The maximum atomic E-state index is 14.2. The molecule has 4 heterocycles. The first-order valence-corrected chi connectivity index (χ1v) is 8.91. The monoisotopic (exact) mass is 359 g/mol. The molecule has 0 aromatic carbocycles. The lowest BCUT2D eigenvalue weighted by molar-refractivity contribution is 0.400. The summed E-state index contributed by atoms with van der Waals surface area (Å²) in [6.07, 6.45) is 7.63. The second-order valence-corrected chi connectivity index (χ2v) is 6.70. The summed E-state index contributed by atoms with van der Waals surface area (Å²) in [4.78, 5) is 14.9. The highest BCUT2D eigenvalue weighted by Gasteiger charge is 2.25. The third kappa shape index (κ3) is 2.95. The van der Waals surface area contributed by atoms with Crippen molar-refractivity contribution >= 4 is 28.5 Å². The van der Waals surface area contributed by atoms with Crippen LogP contribution in [0.1, 0.15) is 31.4 Å². The van der Waals surface area contributed by atoms with Crippen molar-refractivity contribution in [1.82, 2.24) is 19.5 Å². The molecular formula is C18H19ClFN5. The lowest BCUT2D eigenvalue weighted by atomic mass is 10.0. The molecule has 25 heavy (non-hydrogen) atoms. The zero-order valence-electron chi connectivity index (χ0n) is 14.0. The van der Waals surface area contributed by atoms with Crippen molar-refractivity contribution in [3.63, 3.8) is 0 Å². The van der Waals surface area contributed by atoms with Gasteiger partial charge in [0.05, 0.1) is 5.39 Å². The van der Waals surface area contributed by atoms with Gasteiger partial charge in [-0.15, -0.1) is 0 Å². The molecule has 1 aliphatic rings. The van der Waals surface area contributed by atoms with Crippen molar-refractivity contribution in [3.05, 3.63) is 47.4 Å². The summed E-state index contributed by atoms with van der Waals surface area (Å²) in [6, 6.07) is 4.41. The van der Waals surface area contributed by atoms with Crippen molar-refractivity contribution in [1.29, 1.82) is 0 Å². The number of nitrogens with zero attached hydrogens (tertiary/aromatic N) is 5. The summed E-state index contributed by atoms with van der Waals surface area (Å²) >= 11 is 6.02. The maximum Gasteiger partial charge on any atom is 0.153 e. The van der Waals surface area contributed by atoms with E-state index in [-0.39, 0.29) is 17.0 Å². The molecule has 130 valence electrons. The number of halogens is 2. The second-order valence-electron chi connectivity index (χ2n) is 6.34. The largest absolute Gasteiger partial charge is 0.356 e. The van der Waals surface area contributed by atoms with E-state index in [4.69, 9.17) is 11.6 Å². The van der Waals surface area contributed by atoms with Crippen molar-refractivity contribution in [2.75, 3.05) is 18.0 Å². The van der Waals surface area contributed by atoms with E-state index in [0.29, 0.717) is 11.0 Å². The molecule has 0 aliphatic carbocycles. The first kappa shape index (κ1) is 16.3. The zero-order chi connectivity index (χ0) is 17.4. The fourth-order valence-corrected chi connectivity index (χ4v) is 3.69. The van der Waals surface area contributed by atoms with Gasteiger partial charge in [-0.3, -0.25) is 0 Å². The summed E-state index contributed by atoms with van der Waals surface area (Å²) in [7, 11) is 0. The smallest absolute Gasteiger partial charge is 0.153 e. The van der Waals surface area contributed by atoms with Crippen LogP contribution in [0.4, 0.5) is 10.2 Å². The Labute approximate surface area is 150 Å². The van der Waals surface area contributed by atoms with Crippen molar-refractivity contribution in [2.24, 2.45) is 0 Å². The van der Waals surface area contributed by atoms with Gasteiger partial charge in [0.1, 0.15) is 22.9 Å². The SMILES string of the molecule is CCc1ccc(N2CCC(n3cc(F)c4c(Cl)ncnc43)CC2)nc1. The van der Waals surface area contributed by atoms with E-state index in [1.807, 2.05) is 10.8 Å². The molecule has 0 radical (unpaired) electrons. The van der Waals surface area contributed by atoms with Crippen LogP contribution in [0.3, 0.4) is 0 Å². The molecular weight excluding hydrogens is 341 g/mol. The minimum absolute atomic E-state index is 0.166. The Kier molecular flexibility index (Phi) is 4.29. The molecule has 1 saturated heterocycles. The first-order valence-electron chi connectivity index (χ1n) is 8.53. The van der Waals surface area contributed by atoms with Crippen molar-refractivity contribution < 1.29 is 4.39 Å². The molecule has 1 fully saturated rings. The van der Waals surface area contributed by atoms with E-state index in [0.717, 1.165) is 38.2 Å². The number of hydrogen-bond acceptors (Lipinski definition) is 4. The number of hydrogen-bond donors (Lipinski definition) is 0. The summed E-state index contributed by atoms with van der Waals surface area (Å²) in [5.41, 5.74) is 1.81. The van der Waals surface area contributed by atoms with E-state index in [1.165, 1.54) is 18.1 Å². The molecule has 0 saturated carbocycles. The molecule has 4 rings (SSSR count). The van der Waals surface area contributed by atoms with Gasteiger partial charge in [-0.25, -0.2) is 19.3 Å². The van der Waals surface area contributed by atoms with Gasteiger partial charge in [-0.05, 0) is 30.9 Å². The van der Waals surface area contributed by atoms with Crippen LogP contribution in [-0.2, 0) is 6.42 Å². The second kappa shape index (κ2) is 6.59. The molecule has 3 aromatic heterocycles. The van der Waals surface area contributed by atoms with Crippen molar-refractivity contribution in [2.45, 2.75) is 32.2 Å². The predicted molar refractivity (Wildman–Crippen MR) is 96.6 cm³/mol. The number of aromatic nitrogens is 4. The van der Waals surface area contributed by atoms with Gasteiger partial charge in [0, 0.05) is 31.5 Å². The average Bonchev–Trinajstić information content (AvgIpc) is 3.00. The zero-order valence-corrected chi connectivity index (χ0v) is 14.7. The molecule has 0 amide bonds. The topological polar surface area (TPSA) is 46.8 Å². The molecule has 7 heteroatoms. The Bertz CT molecular complexity index is 884. The van der Waals surface area contributed by atoms with Crippen LogP contribution in [0.5, 0.6) is 0 Å². The molecule has 3 aromatic rings. The van der Waals surface area contributed by atoms with E-state index < -0.39 is 0 Å². The lowest BCUT2D eigenvalue weighted by Gasteiger charge is -2.33. The summed E-state index contributed by atoms with van der Waals surface area (Å²) in [5.74, 6) is 0.643. The van der Waals surface area contributed by atoms with E-state index in [9.17, 15) is 4.39 Å². The third-order valence-electron chi connectivity index (χ3n) is 4.92. The third-order valence-corrected chi connectivity index (χ3v) is 5.20. The van der Waals surface area contributed by atoms with Gasteiger partial charge >= 0.3 is 0 Å². The van der Waals surface area contributed by atoms with E-state index >= 15 is 0 Å². The summed E-state index contributed by atoms with van der Waals surface area (Å²) in [5, 5.41) is 0.474. The van der Waals surface area contributed by atoms with Crippen LogP contribution < -0.4 is 4.90 Å². The predicted octanol–water partition coefficient (Wildman–Crippen LogP) is 4.02. The Hall–Kier alpha value is -2.21. The van der Waals surface area contributed by atoms with E-state index in [2.05, 4.69) is 38.9 Å². The number of pyridine rings is 1. The Morgan fingerprint density at radius 2 is 2.00 bits per heavy atom.